The molecule has 0 saturated carbocycles. The van der Waals surface area contributed by atoms with Crippen LogP contribution in [0.15, 0.2) is 23.7 Å². The van der Waals surface area contributed by atoms with E-state index in [0.29, 0.717) is 17.2 Å². The molecule has 0 aliphatic carbocycles. The van der Waals surface area contributed by atoms with Gasteiger partial charge in [0, 0.05) is 24.3 Å². The molecule has 0 bridgehead atoms. The number of nitrogens with zero attached hydrogens (tertiary/aromatic N) is 5. The fraction of sp³-hybridized carbons (Fsp3) is 0.214. The largest absolute Gasteiger partial charge is 0.368 e. The molecule has 9 heteroatoms. The average molecular weight is 329 g/mol. The third-order valence-corrected chi connectivity index (χ3v) is 4.00. The van der Waals surface area contributed by atoms with E-state index in [1.807, 2.05) is 31.6 Å². The van der Waals surface area contributed by atoms with E-state index in [-0.39, 0.29) is 17.5 Å². The molecule has 118 valence electrons. The first-order chi connectivity index (χ1) is 11.0. The van der Waals surface area contributed by atoms with Gasteiger partial charge >= 0.3 is 0 Å². The molecule has 0 aliphatic heterocycles. The zero-order chi connectivity index (χ0) is 16.4. The summed E-state index contributed by atoms with van der Waals surface area (Å²) in [5.74, 6) is -0.294. The van der Waals surface area contributed by atoms with Crippen molar-refractivity contribution in [3.8, 4) is 10.7 Å². The minimum atomic E-state index is -0.334. The van der Waals surface area contributed by atoms with E-state index in [0.717, 1.165) is 11.4 Å². The van der Waals surface area contributed by atoms with Crippen molar-refractivity contribution in [2.24, 2.45) is 7.05 Å². The summed E-state index contributed by atoms with van der Waals surface area (Å²) in [6.45, 7) is 2.21. The van der Waals surface area contributed by atoms with Crippen LogP contribution in [0.25, 0.3) is 10.7 Å². The highest BCUT2D eigenvalue weighted by Crippen LogP contribution is 2.22. The molecule has 0 spiro atoms. The van der Waals surface area contributed by atoms with Crippen molar-refractivity contribution in [2.75, 3.05) is 5.73 Å². The van der Waals surface area contributed by atoms with Crippen LogP contribution >= 0.6 is 11.3 Å². The van der Waals surface area contributed by atoms with E-state index >= 15 is 0 Å². The molecule has 3 aromatic heterocycles. The van der Waals surface area contributed by atoms with Crippen LogP contribution in [0.5, 0.6) is 0 Å². The second-order valence-electron chi connectivity index (χ2n) is 4.95. The molecule has 0 radical (unpaired) electrons. The number of hydrogen-bond donors (Lipinski definition) is 2. The number of thiazole rings is 1. The molecule has 1 amide bonds. The molecule has 0 aromatic carbocycles. The van der Waals surface area contributed by atoms with Crippen molar-refractivity contribution in [1.82, 2.24) is 30.0 Å². The number of carbonyl (C=O) groups is 1. The van der Waals surface area contributed by atoms with Gasteiger partial charge in [0.05, 0.1) is 12.2 Å². The number of aryl methyl sites for hydroxylation is 2. The number of rotatable bonds is 4. The third kappa shape index (κ3) is 3.51. The van der Waals surface area contributed by atoms with E-state index in [4.69, 9.17) is 5.73 Å². The van der Waals surface area contributed by atoms with Crippen LogP contribution in [0.1, 0.15) is 21.9 Å². The van der Waals surface area contributed by atoms with Gasteiger partial charge in [0.1, 0.15) is 16.4 Å². The van der Waals surface area contributed by atoms with E-state index in [1.54, 1.807) is 10.7 Å². The Morgan fingerprint density at radius 1 is 1.39 bits per heavy atom. The van der Waals surface area contributed by atoms with E-state index in [9.17, 15) is 4.79 Å². The summed E-state index contributed by atoms with van der Waals surface area (Å²) in [6.07, 6.45) is 1.81. The van der Waals surface area contributed by atoms with Gasteiger partial charge in [-0.1, -0.05) is 0 Å². The number of amides is 1. The second kappa shape index (κ2) is 6.13. The zero-order valence-electron chi connectivity index (χ0n) is 12.6. The number of aromatic nitrogens is 5. The van der Waals surface area contributed by atoms with Crippen molar-refractivity contribution in [3.63, 3.8) is 0 Å². The van der Waals surface area contributed by atoms with Crippen LogP contribution in [0.3, 0.4) is 0 Å². The fourth-order valence-corrected chi connectivity index (χ4v) is 2.74. The standard InChI is InChI=1S/C14H15N7OS/c1-8-7-23-13(17-8)11-5-10(18-14(15)19-11)12(22)16-6-9-3-4-21(2)20-9/h3-5,7H,6H2,1-2H3,(H,16,22)(H2,15,18,19). The average Bonchev–Trinajstić information content (AvgIpc) is 3.12. The summed E-state index contributed by atoms with van der Waals surface area (Å²) in [5, 5.41) is 9.58. The van der Waals surface area contributed by atoms with E-state index in [1.165, 1.54) is 11.3 Å². The number of carbonyl (C=O) groups excluding carboxylic acids is 1. The van der Waals surface area contributed by atoms with Gasteiger partial charge in [-0.3, -0.25) is 9.48 Å². The van der Waals surface area contributed by atoms with Gasteiger partial charge in [-0.25, -0.2) is 15.0 Å². The molecule has 3 N–H and O–H groups in total. The monoisotopic (exact) mass is 329 g/mol. The highest BCUT2D eigenvalue weighted by atomic mass is 32.1. The van der Waals surface area contributed by atoms with Crippen molar-refractivity contribution in [2.45, 2.75) is 13.5 Å². The highest BCUT2D eigenvalue weighted by Gasteiger charge is 2.14. The van der Waals surface area contributed by atoms with Crippen LogP contribution in [0, 0.1) is 6.92 Å². The Labute approximate surface area is 136 Å². The first-order valence-corrected chi connectivity index (χ1v) is 7.73. The minimum absolute atomic E-state index is 0.0401. The summed E-state index contributed by atoms with van der Waals surface area (Å²) in [7, 11) is 1.82. The smallest absolute Gasteiger partial charge is 0.270 e. The number of anilines is 1. The maximum absolute atomic E-state index is 12.3. The molecular weight excluding hydrogens is 314 g/mol. The molecule has 8 nitrogen and oxygen atoms in total. The summed E-state index contributed by atoms with van der Waals surface area (Å²) >= 11 is 1.44. The second-order valence-corrected chi connectivity index (χ2v) is 5.81. The lowest BCUT2D eigenvalue weighted by Gasteiger charge is -2.05. The van der Waals surface area contributed by atoms with Crippen molar-refractivity contribution in [3.05, 3.63) is 40.8 Å². The maximum atomic E-state index is 12.3. The lowest BCUT2D eigenvalue weighted by atomic mass is 10.3. The third-order valence-electron chi connectivity index (χ3n) is 3.01. The van der Waals surface area contributed by atoms with E-state index in [2.05, 4.69) is 25.4 Å². The molecular formula is C14H15N7OS. The van der Waals surface area contributed by atoms with Crippen LogP contribution in [0.2, 0.25) is 0 Å². The topological polar surface area (TPSA) is 112 Å². The number of hydrogen-bond acceptors (Lipinski definition) is 7. The van der Waals surface area contributed by atoms with Crippen molar-refractivity contribution < 1.29 is 4.79 Å². The quantitative estimate of drug-likeness (QED) is 0.743. The van der Waals surface area contributed by atoms with Crippen LogP contribution in [-0.2, 0) is 13.6 Å². The Bertz CT molecular complexity index is 854. The molecule has 23 heavy (non-hydrogen) atoms. The van der Waals surface area contributed by atoms with Crippen LogP contribution in [0.4, 0.5) is 5.95 Å². The summed E-state index contributed by atoms with van der Waals surface area (Å²) in [4.78, 5) is 24.7. The SMILES string of the molecule is Cc1csc(-c2cc(C(=O)NCc3ccn(C)n3)nc(N)n2)n1. The van der Waals surface area contributed by atoms with Gasteiger partial charge in [-0.2, -0.15) is 5.10 Å². The fourth-order valence-electron chi connectivity index (χ4n) is 1.98. The summed E-state index contributed by atoms with van der Waals surface area (Å²) < 4.78 is 1.67. The van der Waals surface area contributed by atoms with E-state index < -0.39 is 0 Å². The zero-order valence-corrected chi connectivity index (χ0v) is 13.5. The summed E-state index contributed by atoms with van der Waals surface area (Å²) in [6, 6.07) is 3.42. The summed E-state index contributed by atoms with van der Waals surface area (Å²) in [5.41, 5.74) is 8.11. The van der Waals surface area contributed by atoms with Gasteiger partial charge in [0.15, 0.2) is 0 Å². The highest BCUT2D eigenvalue weighted by molar-refractivity contribution is 7.13. The predicted molar refractivity (Wildman–Crippen MR) is 86.7 cm³/mol. The number of nitrogens with one attached hydrogen (secondary N) is 1. The minimum Gasteiger partial charge on any atom is -0.368 e. The predicted octanol–water partition coefficient (Wildman–Crippen LogP) is 1.15. The molecule has 0 unspecified atom stereocenters. The molecule has 0 fully saturated rings. The van der Waals surface area contributed by atoms with Crippen LogP contribution < -0.4 is 11.1 Å². The normalized spacial score (nSPS) is 10.7. The van der Waals surface area contributed by atoms with Gasteiger partial charge in [0.25, 0.3) is 5.91 Å². The number of nitrogens with two attached hydrogens (primary N) is 1. The maximum Gasteiger partial charge on any atom is 0.270 e. The Hall–Kier alpha value is -2.81. The van der Waals surface area contributed by atoms with Gasteiger partial charge < -0.3 is 11.1 Å². The Morgan fingerprint density at radius 2 is 2.22 bits per heavy atom. The van der Waals surface area contributed by atoms with Gasteiger partial charge in [-0.05, 0) is 19.1 Å². The van der Waals surface area contributed by atoms with Crippen LogP contribution in [-0.4, -0.2) is 30.6 Å². The first kappa shape index (κ1) is 15.1. The first-order valence-electron chi connectivity index (χ1n) is 6.85. The Balaban J connectivity index is 1.78. The molecule has 3 aromatic rings. The molecule has 3 rings (SSSR count). The molecule has 0 aliphatic rings. The van der Waals surface area contributed by atoms with Crippen molar-refractivity contribution >= 4 is 23.2 Å². The Morgan fingerprint density at radius 3 is 2.87 bits per heavy atom. The lowest BCUT2D eigenvalue weighted by Crippen LogP contribution is -2.24. The molecule has 0 atom stereocenters. The number of nitrogen functional groups attached to an aromatic ring is 1. The van der Waals surface area contributed by atoms with Crippen molar-refractivity contribution in [1.29, 1.82) is 0 Å². The molecule has 0 saturated heterocycles. The van der Waals surface area contributed by atoms with Gasteiger partial charge in [-0.15, -0.1) is 11.3 Å². The lowest BCUT2D eigenvalue weighted by molar-refractivity contribution is 0.0945. The molecule has 3 heterocycles. The Kier molecular flexibility index (Phi) is 4.02. The van der Waals surface area contributed by atoms with Gasteiger partial charge in [0.2, 0.25) is 5.95 Å².